The highest BCUT2D eigenvalue weighted by Gasteiger charge is 2.16. The molecule has 1 N–H and O–H groups in total. The molecule has 0 bridgehead atoms. The van der Waals surface area contributed by atoms with E-state index in [0.717, 1.165) is 77.0 Å². The number of unbranched alkanes of at least 4 members (excludes halogenated alkanes) is 22. The predicted molar refractivity (Wildman–Crippen MR) is 242 cm³/mol. The number of allylic oxidation sites excluding steroid dienone is 12. The summed E-state index contributed by atoms with van der Waals surface area (Å²) >= 11 is 0. The zero-order valence-electron chi connectivity index (χ0n) is 36.6. The third-order valence-electron chi connectivity index (χ3n) is 10.0. The van der Waals surface area contributed by atoms with Crippen LogP contribution < -0.4 is 0 Å². The van der Waals surface area contributed by atoms with Gasteiger partial charge in [0, 0.05) is 12.8 Å². The van der Waals surface area contributed by atoms with Crippen LogP contribution in [0.5, 0.6) is 0 Å². The Hall–Kier alpha value is -2.66. The van der Waals surface area contributed by atoms with E-state index in [0.29, 0.717) is 12.8 Å². The van der Waals surface area contributed by atoms with Crippen molar-refractivity contribution in [2.45, 2.75) is 225 Å². The van der Waals surface area contributed by atoms with E-state index in [1.165, 1.54) is 116 Å². The topological polar surface area (TPSA) is 72.8 Å². The van der Waals surface area contributed by atoms with Crippen LogP contribution >= 0.6 is 0 Å². The van der Waals surface area contributed by atoms with E-state index in [1.54, 1.807) is 0 Å². The molecule has 0 aromatic heterocycles. The second kappa shape index (κ2) is 46.7. The molecule has 0 aliphatic heterocycles. The fourth-order valence-electron chi connectivity index (χ4n) is 6.50. The molecule has 0 saturated carbocycles. The van der Waals surface area contributed by atoms with Crippen molar-refractivity contribution < 1.29 is 24.2 Å². The van der Waals surface area contributed by atoms with E-state index in [4.69, 9.17) is 9.47 Å². The molecule has 0 fully saturated rings. The Kier molecular flexibility index (Phi) is 44.5. The highest BCUT2D eigenvalue weighted by molar-refractivity contribution is 5.70. The summed E-state index contributed by atoms with van der Waals surface area (Å²) in [6.07, 6.45) is 63.1. The zero-order valence-corrected chi connectivity index (χ0v) is 36.6. The Morgan fingerprint density at radius 1 is 0.429 bits per heavy atom. The number of carbonyl (C=O) groups excluding carboxylic acids is 2. The Balaban J connectivity index is 3.45. The van der Waals surface area contributed by atoms with Crippen LogP contribution in [-0.4, -0.2) is 36.4 Å². The van der Waals surface area contributed by atoms with Gasteiger partial charge in [-0.15, -0.1) is 0 Å². The lowest BCUT2D eigenvalue weighted by Crippen LogP contribution is -2.28. The average molecular weight is 781 g/mol. The Labute approximate surface area is 346 Å². The van der Waals surface area contributed by atoms with E-state index >= 15 is 0 Å². The van der Waals surface area contributed by atoms with Crippen LogP contribution in [0.2, 0.25) is 0 Å². The van der Waals surface area contributed by atoms with Crippen LogP contribution in [0.15, 0.2) is 72.9 Å². The van der Waals surface area contributed by atoms with Gasteiger partial charge >= 0.3 is 11.9 Å². The van der Waals surface area contributed by atoms with E-state index in [1.807, 2.05) is 0 Å². The molecule has 5 nitrogen and oxygen atoms in total. The predicted octanol–water partition coefficient (Wildman–Crippen LogP) is 15.3. The fraction of sp³-hybridized carbons (Fsp3) is 0.725. The Morgan fingerprint density at radius 3 is 1.16 bits per heavy atom. The van der Waals surface area contributed by atoms with E-state index in [-0.39, 0.29) is 25.2 Å². The third-order valence-corrected chi connectivity index (χ3v) is 10.0. The van der Waals surface area contributed by atoms with E-state index in [2.05, 4.69) is 86.8 Å². The van der Waals surface area contributed by atoms with Gasteiger partial charge in [-0.1, -0.05) is 215 Å². The third kappa shape index (κ3) is 44.1. The van der Waals surface area contributed by atoms with Gasteiger partial charge in [-0.05, 0) is 64.2 Å². The molecule has 0 radical (unpaired) electrons. The van der Waals surface area contributed by atoms with Crippen molar-refractivity contribution >= 4 is 11.9 Å². The molecule has 5 heteroatoms. The lowest BCUT2D eigenvalue weighted by molar-refractivity contribution is -0.161. The van der Waals surface area contributed by atoms with Crippen molar-refractivity contribution in [1.29, 1.82) is 0 Å². The van der Waals surface area contributed by atoms with Crippen molar-refractivity contribution in [2.75, 3.05) is 13.2 Å². The van der Waals surface area contributed by atoms with Crippen LogP contribution in [0.25, 0.3) is 0 Å². The summed E-state index contributed by atoms with van der Waals surface area (Å²) in [4.78, 5) is 24.1. The first-order valence-electron chi connectivity index (χ1n) is 23.5. The standard InChI is InChI=1S/C51H88O5/c1-3-5-7-9-11-12-13-14-15-16-17-18-19-20-21-22-23-24-25-26-27-28-29-30-31-32-33-34-35-36-37-38-40-42-44-46-51(54)56-49(47-52)48-55-50(53)45-43-41-39-10-8-6-4-2/h5,7,11-12,14-15,17-18,20-21,23-24,49,52H,3-4,6,8-10,13,16,19,22,25-48H2,1-2H3/b7-5-,12-11-,15-14-,18-17-,21-20-,24-23-. The first-order valence-corrected chi connectivity index (χ1v) is 23.5. The van der Waals surface area contributed by atoms with Gasteiger partial charge in [0.1, 0.15) is 6.61 Å². The molecule has 0 aliphatic rings. The molecule has 0 aliphatic carbocycles. The SMILES string of the molecule is CC/C=C\C/C=C\C/C=C\C/C=C\C/C=C\C/C=C\CCCCCCCCCCCCCCCCCCC(=O)OC(CO)COC(=O)CCCCCCCCC. The van der Waals surface area contributed by atoms with Crippen molar-refractivity contribution in [3.05, 3.63) is 72.9 Å². The summed E-state index contributed by atoms with van der Waals surface area (Å²) in [6, 6.07) is 0. The minimum atomic E-state index is -0.768. The lowest BCUT2D eigenvalue weighted by Gasteiger charge is -2.15. The van der Waals surface area contributed by atoms with Gasteiger partial charge in [0.2, 0.25) is 0 Å². The molecule has 1 unspecified atom stereocenters. The fourth-order valence-corrected chi connectivity index (χ4v) is 6.50. The van der Waals surface area contributed by atoms with Crippen molar-refractivity contribution in [1.82, 2.24) is 0 Å². The Bertz CT molecular complexity index is 1020. The number of hydrogen-bond acceptors (Lipinski definition) is 5. The molecule has 322 valence electrons. The van der Waals surface area contributed by atoms with Gasteiger partial charge < -0.3 is 14.6 Å². The van der Waals surface area contributed by atoms with Gasteiger partial charge in [-0.3, -0.25) is 9.59 Å². The first-order chi connectivity index (χ1) is 27.6. The molecule has 0 aromatic rings. The van der Waals surface area contributed by atoms with Crippen LogP contribution in [0, 0.1) is 0 Å². The maximum absolute atomic E-state index is 12.2. The van der Waals surface area contributed by atoms with Gasteiger partial charge in [-0.25, -0.2) is 0 Å². The number of aliphatic hydroxyl groups excluding tert-OH is 1. The van der Waals surface area contributed by atoms with E-state index in [9.17, 15) is 14.7 Å². The van der Waals surface area contributed by atoms with Gasteiger partial charge in [0.05, 0.1) is 6.61 Å². The summed E-state index contributed by atoms with van der Waals surface area (Å²) in [6.45, 7) is 3.98. The summed E-state index contributed by atoms with van der Waals surface area (Å²) < 4.78 is 10.6. The van der Waals surface area contributed by atoms with Gasteiger partial charge in [-0.2, -0.15) is 0 Å². The first kappa shape index (κ1) is 53.3. The quantitative estimate of drug-likeness (QED) is 0.0379. The number of ether oxygens (including phenoxy) is 2. The van der Waals surface area contributed by atoms with Gasteiger partial charge in [0.25, 0.3) is 0 Å². The number of aliphatic hydroxyl groups is 1. The summed E-state index contributed by atoms with van der Waals surface area (Å²) in [7, 11) is 0. The average Bonchev–Trinajstić information content (AvgIpc) is 3.20. The molecular weight excluding hydrogens is 693 g/mol. The van der Waals surface area contributed by atoms with Crippen LogP contribution in [0.4, 0.5) is 0 Å². The molecule has 0 rings (SSSR count). The maximum Gasteiger partial charge on any atom is 0.306 e. The molecule has 56 heavy (non-hydrogen) atoms. The van der Waals surface area contributed by atoms with E-state index < -0.39 is 6.10 Å². The molecular formula is C51H88O5. The minimum Gasteiger partial charge on any atom is -0.462 e. The lowest BCUT2D eigenvalue weighted by atomic mass is 10.0. The highest BCUT2D eigenvalue weighted by Crippen LogP contribution is 2.15. The number of carbonyl (C=O) groups is 2. The molecule has 0 aromatic carbocycles. The second-order valence-corrected chi connectivity index (χ2v) is 15.5. The van der Waals surface area contributed by atoms with Crippen molar-refractivity contribution in [3.63, 3.8) is 0 Å². The number of esters is 2. The molecule has 0 spiro atoms. The monoisotopic (exact) mass is 781 g/mol. The normalized spacial score (nSPS) is 12.8. The smallest absolute Gasteiger partial charge is 0.306 e. The van der Waals surface area contributed by atoms with Crippen LogP contribution in [0.1, 0.15) is 219 Å². The van der Waals surface area contributed by atoms with Crippen LogP contribution in [0.3, 0.4) is 0 Å². The van der Waals surface area contributed by atoms with Crippen molar-refractivity contribution in [3.8, 4) is 0 Å². The number of rotatable bonds is 42. The maximum atomic E-state index is 12.2. The highest BCUT2D eigenvalue weighted by atomic mass is 16.6. The Morgan fingerprint density at radius 2 is 0.768 bits per heavy atom. The number of hydrogen-bond donors (Lipinski definition) is 1. The summed E-state index contributed by atoms with van der Waals surface area (Å²) in [5.41, 5.74) is 0. The molecule has 0 heterocycles. The van der Waals surface area contributed by atoms with Crippen LogP contribution in [-0.2, 0) is 19.1 Å². The molecule has 1 atom stereocenters. The van der Waals surface area contributed by atoms with Crippen molar-refractivity contribution in [2.24, 2.45) is 0 Å². The largest absolute Gasteiger partial charge is 0.462 e. The molecule has 0 amide bonds. The second-order valence-electron chi connectivity index (χ2n) is 15.5. The minimum absolute atomic E-state index is 0.0651. The summed E-state index contributed by atoms with van der Waals surface area (Å²) in [5, 5.41) is 9.53. The zero-order chi connectivity index (χ0) is 40.7. The molecule has 0 saturated heterocycles. The summed E-state index contributed by atoms with van der Waals surface area (Å²) in [5.74, 6) is -0.595. The van der Waals surface area contributed by atoms with Gasteiger partial charge in [0.15, 0.2) is 6.10 Å².